The van der Waals surface area contributed by atoms with Crippen LogP contribution in [0.15, 0.2) is 18.2 Å². The van der Waals surface area contributed by atoms with Crippen molar-refractivity contribution < 1.29 is 9.47 Å². The van der Waals surface area contributed by atoms with E-state index >= 15 is 0 Å². The summed E-state index contributed by atoms with van der Waals surface area (Å²) in [6.07, 6.45) is 5.28. The highest BCUT2D eigenvalue weighted by Gasteiger charge is 2.09. The normalized spacial score (nSPS) is 11.6. The molecule has 0 spiro atoms. The Morgan fingerprint density at radius 2 is 1.88 bits per heavy atom. The van der Waals surface area contributed by atoms with Gasteiger partial charge in [-0.1, -0.05) is 12.0 Å². The van der Waals surface area contributed by atoms with Crippen LogP contribution in [0.4, 0.5) is 0 Å². The first kappa shape index (κ1) is 12.4. The first-order chi connectivity index (χ1) is 7.72. The topological polar surface area (TPSA) is 44.5 Å². The molecular weight excluding hydrogens is 202 g/mol. The van der Waals surface area contributed by atoms with Gasteiger partial charge in [0.2, 0.25) is 0 Å². The Morgan fingerprint density at radius 1 is 1.25 bits per heavy atom. The molecule has 16 heavy (non-hydrogen) atoms. The number of rotatable bonds is 5. The zero-order valence-electron chi connectivity index (χ0n) is 9.69. The minimum Gasteiger partial charge on any atom is -0.490 e. The quantitative estimate of drug-likeness (QED) is 0.771. The van der Waals surface area contributed by atoms with Gasteiger partial charge in [-0.2, -0.15) is 0 Å². The molecule has 0 amide bonds. The highest BCUT2D eigenvalue weighted by Crippen LogP contribution is 2.30. The highest BCUT2D eigenvalue weighted by molar-refractivity contribution is 5.45. The van der Waals surface area contributed by atoms with Crippen LogP contribution in [0.3, 0.4) is 0 Å². The molecule has 2 N–H and O–H groups in total. The summed E-state index contributed by atoms with van der Waals surface area (Å²) in [6, 6.07) is 5.12. The lowest BCUT2D eigenvalue weighted by atomic mass is 10.1. The van der Waals surface area contributed by atoms with Gasteiger partial charge in [0.25, 0.3) is 0 Å². The SMILES string of the molecule is C#CC(N)c1ccc(OCC)c(OCC)c1. The maximum Gasteiger partial charge on any atom is 0.161 e. The molecule has 1 aromatic carbocycles. The standard InChI is InChI=1S/C13H17NO2/c1-4-11(14)10-7-8-12(15-5-2)13(9-10)16-6-3/h1,7-9,11H,5-6,14H2,2-3H3. The summed E-state index contributed by atoms with van der Waals surface area (Å²) < 4.78 is 10.9. The lowest BCUT2D eigenvalue weighted by molar-refractivity contribution is 0.287. The Labute approximate surface area is 96.6 Å². The Balaban J connectivity index is 3.02. The third-order valence-electron chi connectivity index (χ3n) is 2.11. The number of hydrogen-bond acceptors (Lipinski definition) is 3. The third-order valence-corrected chi connectivity index (χ3v) is 2.11. The number of nitrogens with two attached hydrogens (primary N) is 1. The fraction of sp³-hybridized carbons (Fsp3) is 0.385. The summed E-state index contributed by atoms with van der Waals surface area (Å²) >= 11 is 0. The molecule has 0 saturated heterocycles. The summed E-state index contributed by atoms with van der Waals surface area (Å²) in [5, 5.41) is 0. The van der Waals surface area contributed by atoms with Crippen LogP contribution in [0.1, 0.15) is 25.5 Å². The molecule has 1 aromatic rings. The van der Waals surface area contributed by atoms with Crippen LogP contribution in [0, 0.1) is 12.3 Å². The molecule has 3 nitrogen and oxygen atoms in total. The molecule has 0 heterocycles. The van der Waals surface area contributed by atoms with E-state index in [0.717, 1.165) is 11.3 Å². The second-order valence-electron chi connectivity index (χ2n) is 3.22. The summed E-state index contributed by atoms with van der Waals surface area (Å²) in [5.74, 6) is 3.89. The van der Waals surface area contributed by atoms with Crippen molar-refractivity contribution in [2.24, 2.45) is 5.73 Å². The van der Waals surface area contributed by atoms with Gasteiger partial charge in [0.05, 0.1) is 19.3 Å². The molecule has 1 atom stereocenters. The Hall–Kier alpha value is -1.66. The van der Waals surface area contributed by atoms with Crippen molar-refractivity contribution in [2.75, 3.05) is 13.2 Å². The van der Waals surface area contributed by atoms with Crippen LogP contribution in [-0.2, 0) is 0 Å². The Kier molecular flexibility index (Phi) is 4.68. The lowest BCUT2D eigenvalue weighted by Gasteiger charge is -2.13. The van der Waals surface area contributed by atoms with Gasteiger partial charge in [-0.15, -0.1) is 6.42 Å². The van der Waals surface area contributed by atoms with Crippen LogP contribution >= 0.6 is 0 Å². The highest BCUT2D eigenvalue weighted by atomic mass is 16.5. The summed E-state index contributed by atoms with van der Waals surface area (Å²) in [5.41, 5.74) is 6.61. The van der Waals surface area contributed by atoms with Crippen LogP contribution in [0.25, 0.3) is 0 Å². The lowest BCUT2D eigenvalue weighted by Crippen LogP contribution is -2.08. The molecule has 0 aliphatic heterocycles. The second-order valence-corrected chi connectivity index (χ2v) is 3.22. The predicted molar refractivity (Wildman–Crippen MR) is 64.5 cm³/mol. The van der Waals surface area contributed by atoms with Gasteiger partial charge in [0.15, 0.2) is 11.5 Å². The zero-order chi connectivity index (χ0) is 12.0. The number of ether oxygens (including phenoxy) is 2. The van der Waals surface area contributed by atoms with Gasteiger partial charge in [-0.05, 0) is 31.5 Å². The van der Waals surface area contributed by atoms with Gasteiger partial charge in [-0.3, -0.25) is 0 Å². The smallest absolute Gasteiger partial charge is 0.161 e. The van der Waals surface area contributed by atoms with Gasteiger partial charge in [0.1, 0.15) is 0 Å². The van der Waals surface area contributed by atoms with Gasteiger partial charge in [-0.25, -0.2) is 0 Å². The van der Waals surface area contributed by atoms with Crippen molar-refractivity contribution in [2.45, 2.75) is 19.9 Å². The molecule has 0 aliphatic carbocycles. The molecule has 0 bridgehead atoms. The summed E-state index contributed by atoms with van der Waals surface area (Å²) in [4.78, 5) is 0. The number of terminal acetylenes is 1. The minimum absolute atomic E-state index is 0.408. The number of benzene rings is 1. The Morgan fingerprint density at radius 3 is 2.44 bits per heavy atom. The molecule has 3 heteroatoms. The zero-order valence-corrected chi connectivity index (χ0v) is 9.69. The average Bonchev–Trinajstić information content (AvgIpc) is 2.31. The molecule has 1 unspecified atom stereocenters. The molecule has 0 aliphatic rings. The van der Waals surface area contributed by atoms with E-state index < -0.39 is 6.04 Å². The fourth-order valence-corrected chi connectivity index (χ4v) is 1.36. The summed E-state index contributed by atoms with van der Waals surface area (Å²) in [6.45, 7) is 5.02. The molecule has 0 fully saturated rings. The third kappa shape index (κ3) is 2.91. The van der Waals surface area contributed by atoms with E-state index in [1.165, 1.54) is 0 Å². The van der Waals surface area contributed by atoms with Crippen molar-refractivity contribution in [1.82, 2.24) is 0 Å². The molecular formula is C13H17NO2. The minimum atomic E-state index is -0.408. The molecule has 0 saturated carbocycles. The van der Waals surface area contributed by atoms with Crippen molar-refractivity contribution >= 4 is 0 Å². The van der Waals surface area contributed by atoms with E-state index in [4.69, 9.17) is 21.6 Å². The maximum atomic E-state index is 5.75. The second kappa shape index (κ2) is 6.04. The van der Waals surface area contributed by atoms with Crippen molar-refractivity contribution in [3.8, 4) is 23.8 Å². The molecule has 0 aromatic heterocycles. The van der Waals surface area contributed by atoms with Gasteiger partial charge >= 0.3 is 0 Å². The average molecular weight is 219 g/mol. The van der Waals surface area contributed by atoms with E-state index in [9.17, 15) is 0 Å². The van der Waals surface area contributed by atoms with Crippen LogP contribution in [-0.4, -0.2) is 13.2 Å². The van der Waals surface area contributed by atoms with E-state index in [1.54, 1.807) is 0 Å². The molecule has 86 valence electrons. The van der Waals surface area contributed by atoms with E-state index in [1.807, 2.05) is 32.0 Å². The first-order valence-corrected chi connectivity index (χ1v) is 5.34. The monoisotopic (exact) mass is 219 g/mol. The Bertz CT molecular complexity index is 382. The van der Waals surface area contributed by atoms with Crippen LogP contribution < -0.4 is 15.2 Å². The van der Waals surface area contributed by atoms with E-state index in [2.05, 4.69) is 5.92 Å². The van der Waals surface area contributed by atoms with Gasteiger partial charge < -0.3 is 15.2 Å². The fourth-order valence-electron chi connectivity index (χ4n) is 1.36. The maximum absolute atomic E-state index is 5.75. The van der Waals surface area contributed by atoms with Crippen molar-refractivity contribution in [3.63, 3.8) is 0 Å². The largest absolute Gasteiger partial charge is 0.490 e. The first-order valence-electron chi connectivity index (χ1n) is 5.34. The van der Waals surface area contributed by atoms with Crippen LogP contribution in [0.5, 0.6) is 11.5 Å². The number of hydrogen-bond donors (Lipinski definition) is 1. The van der Waals surface area contributed by atoms with Crippen molar-refractivity contribution in [3.05, 3.63) is 23.8 Å². The summed E-state index contributed by atoms with van der Waals surface area (Å²) in [7, 11) is 0. The van der Waals surface area contributed by atoms with Gasteiger partial charge in [0, 0.05) is 0 Å². The van der Waals surface area contributed by atoms with E-state index in [-0.39, 0.29) is 0 Å². The van der Waals surface area contributed by atoms with Crippen LogP contribution in [0.2, 0.25) is 0 Å². The van der Waals surface area contributed by atoms with Crippen molar-refractivity contribution in [1.29, 1.82) is 0 Å². The predicted octanol–water partition coefficient (Wildman–Crippen LogP) is 2.12. The molecule has 0 radical (unpaired) electrons. The van der Waals surface area contributed by atoms with E-state index in [0.29, 0.717) is 19.0 Å². The molecule has 1 rings (SSSR count).